The Morgan fingerprint density at radius 3 is 2.43 bits per heavy atom. The van der Waals surface area contributed by atoms with E-state index in [1.165, 1.54) is 12.8 Å². The van der Waals surface area contributed by atoms with Crippen LogP contribution in [0.5, 0.6) is 0 Å². The Morgan fingerprint density at radius 2 is 1.77 bits per heavy atom. The molecule has 1 unspecified atom stereocenters. The molecule has 0 radical (unpaired) electrons. The number of rotatable bonds is 6. The van der Waals surface area contributed by atoms with Gasteiger partial charge in [-0.2, -0.15) is 0 Å². The number of halogens is 1. The molecule has 1 saturated carbocycles. The number of anilines is 2. The third-order valence-corrected chi connectivity index (χ3v) is 6.58. The van der Waals surface area contributed by atoms with E-state index in [4.69, 9.17) is 11.6 Å². The molecule has 5 nitrogen and oxygen atoms in total. The third kappa shape index (κ3) is 4.17. The van der Waals surface area contributed by atoms with Gasteiger partial charge in [-0.05, 0) is 68.5 Å². The van der Waals surface area contributed by atoms with Crippen LogP contribution in [0.1, 0.15) is 44.6 Å². The molecular weight excluding hydrogens is 398 g/mol. The maximum atomic E-state index is 13.1. The molecule has 2 fully saturated rings. The number of nitrogens with one attached hydrogen (secondary N) is 2. The van der Waals surface area contributed by atoms with Gasteiger partial charge in [-0.25, -0.2) is 0 Å². The Kier molecular flexibility index (Phi) is 6.00. The zero-order valence-electron chi connectivity index (χ0n) is 17.3. The van der Waals surface area contributed by atoms with Gasteiger partial charge in [-0.1, -0.05) is 36.2 Å². The van der Waals surface area contributed by atoms with Crippen LogP contribution in [0.3, 0.4) is 0 Å². The first-order chi connectivity index (χ1) is 14.5. The summed E-state index contributed by atoms with van der Waals surface area (Å²) in [5, 5.41) is 6.49. The van der Waals surface area contributed by atoms with Gasteiger partial charge in [0.15, 0.2) is 0 Å². The highest BCUT2D eigenvalue weighted by molar-refractivity contribution is 6.30. The first-order valence-corrected chi connectivity index (χ1v) is 11.1. The summed E-state index contributed by atoms with van der Waals surface area (Å²) >= 11 is 6.14. The van der Waals surface area contributed by atoms with Crippen molar-refractivity contribution in [3.63, 3.8) is 0 Å². The molecule has 2 aliphatic rings. The molecule has 158 valence electrons. The van der Waals surface area contributed by atoms with Crippen LogP contribution in [-0.2, 0) is 15.0 Å². The molecule has 30 heavy (non-hydrogen) atoms. The minimum absolute atomic E-state index is 0.107. The number of hydrogen-bond acceptors (Lipinski definition) is 3. The van der Waals surface area contributed by atoms with Gasteiger partial charge in [0.2, 0.25) is 11.8 Å². The zero-order valence-corrected chi connectivity index (χ0v) is 18.0. The van der Waals surface area contributed by atoms with Gasteiger partial charge < -0.3 is 15.5 Å². The van der Waals surface area contributed by atoms with Crippen LogP contribution in [0.25, 0.3) is 0 Å². The van der Waals surface area contributed by atoms with Crippen molar-refractivity contribution in [2.75, 3.05) is 23.3 Å². The predicted octanol–water partition coefficient (Wildman–Crippen LogP) is 4.51. The number of nitrogens with zero attached hydrogens (tertiary/aromatic N) is 1. The van der Waals surface area contributed by atoms with E-state index in [1.807, 2.05) is 42.5 Å². The Bertz CT molecular complexity index is 936. The normalized spacial score (nSPS) is 18.4. The molecule has 4 rings (SSSR count). The van der Waals surface area contributed by atoms with Crippen molar-refractivity contribution in [1.82, 2.24) is 5.32 Å². The second-order valence-corrected chi connectivity index (χ2v) is 8.81. The van der Waals surface area contributed by atoms with E-state index in [0.717, 1.165) is 49.3 Å². The molecule has 2 amide bonds. The number of carbonyl (C=O) groups excluding carboxylic acids is 2. The molecule has 1 atom stereocenters. The topological polar surface area (TPSA) is 61.4 Å². The largest absolute Gasteiger partial charge is 0.371 e. The molecule has 1 saturated heterocycles. The Labute approximate surface area is 182 Å². The van der Waals surface area contributed by atoms with Gasteiger partial charge in [0.25, 0.3) is 0 Å². The van der Waals surface area contributed by atoms with E-state index in [-0.39, 0.29) is 11.8 Å². The minimum atomic E-state index is -0.635. The summed E-state index contributed by atoms with van der Waals surface area (Å²) < 4.78 is 0. The van der Waals surface area contributed by atoms with Crippen molar-refractivity contribution in [3.8, 4) is 0 Å². The zero-order chi connectivity index (χ0) is 21.1. The summed E-state index contributed by atoms with van der Waals surface area (Å²) in [5.41, 5.74) is 2.20. The van der Waals surface area contributed by atoms with Crippen LogP contribution in [0, 0.1) is 0 Å². The lowest BCUT2D eigenvalue weighted by Gasteiger charge is -2.41. The van der Waals surface area contributed by atoms with Crippen molar-refractivity contribution < 1.29 is 9.59 Å². The number of hydrogen-bond donors (Lipinski definition) is 2. The van der Waals surface area contributed by atoms with Crippen LogP contribution in [0.15, 0.2) is 48.5 Å². The summed E-state index contributed by atoms with van der Waals surface area (Å²) in [6.07, 6.45) is 4.93. The molecule has 2 N–H and O–H groups in total. The van der Waals surface area contributed by atoms with Crippen LogP contribution in [0.4, 0.5) is 11.4 Å². The van der Waals surface area contributed by atoms with Crippen molar-refractivity contribution >= 4 is 34.8 Å². The van der Waals surface area contributed by atoms with Gasteiger partial charge in [0.05, 0.1) is 5.41 Å². The van der Waals surface area contributed by atoms with Gasteiger partial charge >= 0.3 is 0 Å². The van der Waals surface area contributed by atoms with Crippen molar-refractivity contribution in [2.45, 2.75) is 50.5 Å². The van der Waals surface area contributed by atoms with Crippen LogP contribution in [0.2, 0.25) is 5.02 Å². The second kappa shape index (κ2) is 8.68. The fourth-order valence-corrected chi connectivity index (χ4v) is 4.56. The van der Waals surface area contributed by atoms with Crippen LogP contribution in [-0.4, -0.2) is 30.9 Å². The first kappa shape index (κ1) is 20.7. The Balaban J connectivity index is 1.41. The SMILES string of the molecule is CC(NC(=O)C1(c2cccc(Cl)c2)CCC1)C(=O)Nc1cccc(N2CCCC2)c1. The lowest BCUT2D eigenvalue weighted by atomic mass is 9.63. The average Bonchev–Trinajstić information content (AvgIpc) is 3.22. The van der Waals surface area contributed by atoms with E-state index in [1.54, 1.807) is 6.92 Å². The third-order valence-electron chi connectivity index (χ3n) is 6.34. The van der Waals surface area contributed by atoms with Gasteiger partial charge in [-0.3, -0.25) is 9.59 Å². The number of amides is 2. The molecule has 1 heterocycles. The fraction of sp³-hybridized carbons (Fsp3) is 0.417. The summed E-state index contributed by atoms with van der Waals surface area (Å²) in [5.74, 6) is -0.327. The quantitative estimate of drug-likeness (QED) is 0.716. The highest BCUT2D eigenvalue weighted by Gasteiger charge is 2.46. The minimum Gasteiger partial charge on any atom is -0.371 e. The molecule has 2 aromatic carbocycles. The summed E-state index contributed by atoms with van der Waals surface area (Å²) in [4.78, 5) is 28.2. The number of carbonyl (C=O) groups is 2. The smallest absolute Gasteiger partial charge is 0.246 e. The van der Waals surface area contributed by atoms with E-state index < -0.39 is 11.5 Å². The molecule has 0 aromatic heterocycles. The lowest BCUT2D eigenvalue weighted by Crippen LogP contribution is -2.53. The molecule has 0 spiro atoms. The molecule has 2 aromatic rings. The van der Waals surface area contributed by atoms with Crippen LogP contribution >= 0.6 is 11.6 Å². The summed E-state index contributed by atoms with van der Waals surface area (Å²) in [6.45, 7) is 3.83. The molecule has 0 bridgehead atoms. The summed E-state index contributed by atoms with van der Waals surface area (Å²) in [6, 6.07) is 14.7. The van der Waals surface area contributed by atoms with E-state index in [9.17, 15) is 9.59 Å². The molecule has 1 aliphatic heterocycles. The average molecular weight is 426 g/mol. The van der Waals surface area contributed by atoms with E-state index in [0.29, 0.717) is 5.02 Å². The van der Waals surface area contributed by atoms with E-state index >= 15 is 0 Å². The van der Waals surface area contributed by atoms with Crippen molar-refractivity contribution in [3.05, 3.63) is 59.1 Å². The standard InChI is InChI=1S/C24H28ClN3O2/c1-17(22(29)27-20-9-5-10-21(16-20)28-13-2-3-14-28)26-23(30)24(11-6-12-24)18-7-4-8-19(25)15-18/h4-5,7-10,15-17H,2-3,6,11-14H2,1H3,(H,26,30)(H,27,29). The highest BCUT2D eigenvalue weighted by Crippen LogP contribution is 2.44. The predicted molar refractivity (Wildman–Crippen MR) is 121 cm³/mol. The number of benzene rings is 2. The monoisotopic (exact) mass is 425 g/mol. The first-order valence-electron chi connectivity index (χ1n) is 10.7. The van der Waals surface area contributed by atoms with Crippen molar-refractivity contribution in [1.29, 1.82) is 0 Å². The molecular formula is C24H28ClN3O2. The van der Waals surface area contributed by atoms with Gasteiger partial charge in [0.1, 0.15) is 6.04 Å². The Morgan fingerprint density at radius 1 is 1.03 bits per heavy atom. The molecule has 1 aliphatic carbocycles. The van der Waals surface area contributed by atoms with E-state index in [2.05, 4.69) is 21.6 Å². The second-order valence-electron chi connectivity index (χ2n) is 8.37. The maximum absolute atomic E-state index is 13.1. The van der Waals surface area contributed by atoms with Gasteiger partial charge in [0, 0.05) is 29.5 Å². The maximum Gasteiger partial charge on any atom is 0.246 e. The fourth-order valence-electron chi connectivity index (χ4n) is 4.37. The Hall–Kier alpha value is -2.53. The summed E-state index contributed by atoms with van der Waals surface area (Å²) in [7, 11) is 0. The van der Waals surface area contributed by atoms with Crippen molar-refractivity contribution in [2.24, 2.45) is 0 Å². The van der Waals surface area contributed by atoms with Gasteiger partial charge in [-0.15, -0.1) is 0 Å². The molecule has 6 heteroatoms. The van der Waals surface area contributed by atoms with Crippen LogP contribution < -0.4 is 15.5 Å². The lowest BCUT2D eigenvalue weighted by molar-refractivity contribution is -0.133. The highest BCUT2D eigenvalue weighted by atomic mass is 35.5.